The minimum Gasteiger partial charge on any atom is -0.374 e. The highest BCUT2D eigenvalue weighted by molar-refractivity contribution is 5.94. The van der Waals surface area contributed by atoms with E-state index in [9.17, 15) is 4.79 Å². The molecule has 27 heavy (non-hydrogen) atoms. The summed E-state index contributed by atoms with van der Waals surface area (Å²) in [7, 11) is 0. The predicted octanol–water partition coefficient (Wildman–Crippen LogP) is 3.26. The summed E-state index contributed by atoms with van der Waals surface area (Å²) in [6, 6.07) is 18.3. The van der Waals surface area contributed by atoms with E-state index in [1.165, 1.54) is 11.1 Å². The number of nitrogens with two attached hydrogens (primary N) is 1. The molecule has 1 aliphatic heterocycles. The van der Waals surface area contributed by atoms with Gasteiger partial charge in [0, 0.05) is 18.7 Å². The fourth-order valence-corrected chi connectivity index (χ4v) is 4.50. The van der Waals surface area contributed by atoms with Crippen LogP contribution in [0.5, 0.6) is 0 Å². The quantitative estimate of drug-likeness (QED) is 0.856. The third-order valence-corrected chi connectivity index (χ3v) is 5.96. The minimum absolute atomic E-state index is 0.158. The van der Waals surface area contributed by atoms with E-state index < -0.39 is 0 Å². The van der Waals surface area contributed by atoms with E-state index in [4.69, 9.17) is 10.5 Å². The summed E-state index contributed by atoms with van der Waals surface area (Å²) < 4.78 is 6.13. The molecule has 3 atom stereocenters. The van der Waals surface area contributed by atoms with Gasteiger partial charge in [-0.15, -0.1) is 0 Å². The van der Waals surface area contributed by atoms with Crippen molar-refractivity contribution in [2.24, 2.45) is 17.6 Å². The third kappa shape index (κ3) is 4.23. The molecule has 4 heteroatoms. The fourth-order valence-electron chi connectivity index (χ4n) is 4.50. The van der Waals surface area contributed by atoms with E-state index in [0.717, 1.165) is 37.9 Å². The van der Waals surface area contributed by atoms with Crippen molar-refractivity contribution in [2.75, 3.05) is 19.6 Å². The highest BCUT2D eigenvalue weighted by Crippen LogP contribution is 2.40. The predicted molar refractivity (Wildman–Crippen MR) is 106 cm³/mol. The number of amides is 1. The molecular formula is C23H28N2O2. The molecule has 2 N–H and O–H groups in total. The number of nitrogens with zero attached hydrogens (tertiary/aromatic N) is 1. The number of hydrogen-bond acceptors (Lipinski definition) is 3. The molecule has 4 rings (SSSR count). The molecule has 1 aliphatic carbocycles. The molecule has 2 aliphatic rings. The molecule has 1 saturated heterocycles. The smallest absolute Gasteiger partial charge is 0.253 e. The molecule has 142 valence electrons. The summed E-state index contributed by atoms with van der Waals surface area (Å²) in [6.07, 6.45) is 3.31. The molecule has 0 radical (unpaired) electrons. The van der Waals surface area contributed by atoms with Gasteiger partial charge in [0.1, 0.15) is 0 Å². The molecule has 0 spiro atoms. The third-order valence-electron chi connectivity index (χ3n) is 5.96. The molecule has 0 bridgehead atoms. The van der Waals surface area contributed by atoms with Gasteiger partial charge < -0.3 is 15.4 Å². The Hall–Kier alpha value is -2.17. The SMILES string of the molecule is NCCc1ccc(C(=O)N2C[C@H]3CC(OCc4ccccc4)C[C@H]3C2)cc1. The van der Waals surface area contributed by atoms with Crippen molar-refractivity contribution in [2.45, 2.75) is 32.0 Å². The molecule has 1 amide bonds. The lowest BCUT2D eigenvalue weighted by Gasteiger charge is -2.20. The molecule has 1 saturated carbocycles. The highest BCUT2D eigenvalue weighted by atomic mass is 16.5. The average molecular weight is 364 g/mol. The maximum Gasteiger partial charge on any atom is 0.253 e. The first-order chi connectivity index (χ1) is 13.2. The Kier molecular flexibility index (Phi) is 5.55. The van der Waals surface area contributed by atoms with E-state index in [-0.39, 0.29) is 5.91 Å². The number of benzene rings is 2. The summed E-state index contributed by atoms with van der Waals surface area (Å²) >= 11 is 0. The summed E-state index contributed by atoms with van der Waals surface area (Å²) in [5.74, 6) is 1.31. The van der Waals surface area contributed by atoms with Crippen molar-refractivity contribution in [1.29, 1.82) is 0 Å². The van der Waals surface area contributed by atoms with Crippen LogP contribution >= 0.6 is 0 Å². The van der Waals surface area contributed by atoms with Crippen molar-refractivity contribution in [3.63, 3.8) is 0 Å². The monoisotopic (exact) mass is 364 g/mol. The van der Waals surface area contributed by atoms with Gasteiger partial charge in [0.25, 0.3) is 5.91 Å². The number of carbonyl (C=O) groups excluding carboxylic acids is 1. The van der Waals surface area contributed by atoms with E-state index >= 15 is 0 Å². The van der Waals surface area contributed by atoms with E-state index in [1.807, 2.05) is 47.4 Å². The maximum absolute atomic E-state index is 12.8. The van der Waals surface area contributed by atoms with Crippen LogP contribution in [0.25, 0.3) is 0 Å². The standard InChI is InChI=1S/C23H28N2O2/c24-11-10-17-6-8-19(9-7-17)23(26)25-14-20-12-22(13-21(20)15-25)27-16-18-4-2-1-3-5-18/h1-9,20-22H,10-16,24H2/t20-,21+,22?. The normalized spacial score (nSPS) is 24.2. The average Bonchev–Trinajstić information content (AvgIpc) is 3.26. The van der Waals surface area contributed by atoms with Crippen LogP contribution in [0, 0.1) is 11.8 Å². The Balaban J connectivity index is 1.28. The molecule has 1 unspecified atom stereocenters. The second-order valence-electron chi connectivity index (χ2n) is 7.86. The van der Waals surface area contributed by atoms with Crippen LogP contribution in [0.1, 0.15) is 34.3 Å². The fraction of sp³-hybridized carbons (Fsp3) is 0.435. The van der Waals surface area contributed by atoms with Crippen LogP contribution in [-0.2, 0) is 17.8 Å². The Labute approximate surface area is 161 Å². The molecule has 0 aromatic heterocycles. The Morgan fingerprint density at radius 1 is 0.963 bits per heavy atom. The molecule has 2 fully saturated rings. The number of carbonyl (C=O) groups is 1. The van der Waals surface area contributed by atoms with Crippen molar-refractivity contribution in [3.05, 3.63) is 71.3 Å². The zero-order chi connectivity index (χ0) is 18.6. The number of likely N-dealkylation sites (tertiary alicyclic amines) is 1. The first-order valence-corrected chi connectivity index (χ1v) is 9.96. The van der Waals surface area contributed by atoms with E-state index in [1.54, 1.807) is 0 Å². The van der Waals surface area contributed by atoms with Gasteiger partial charge in [-0.05, 0) is 60.9 Å². The largest absolute Gasteiger partial charge is 0.374 e. The van der Waals surface area contributed by atoms with Crippen molar-refractivity contribution >= 4 is 5.91 Å². The van der Waals surface area contributed by atoms with Gasteiger partial charge in [-0.25, -0.2) is 0 Å². The number of hydrogen-bond donors (Lipinski definition) is 1. The first kappa shape index (κ1) is 18.2. The van der Waals surface area contributed by atoms with Crippen LogP contribution < -0.4 is 5.73 Å². The first-order valence-electron chi connectivity index (χ1n) is 9.96. The zero-order valence-corrected chi connectivity index (χ0v) is 15.7. The zero-order valence-electron chi connectivity index (χ0n) is 15.7. The van der Waals surface area contributed by atoms with Crippen LogP contribution in [-0.4, -0.2) is 36.5 Å². The molecule has 2 aromatic rings. The van der Waals surface area contributed by atoms with E-state index in [2.05, 4.69) is 12.1 Å². The highest BCUT2D eigenvalue weighted by Gasteiger charge is 2.42. The van der Waals surface area contributed by atoms with Crippen LogP contribution in [0.2, 0.25) is 0 Å². The lowest BCUT2D eigenvalue weighted by atomic mass is 10.0. The Bertz CT molecular complexity index is 746. The van der Waals surface area contributed by atoms with Crippen molar-refractivity contribution in [1.82, 2.24) is 4.90 Å². The maximum atomic E-state index is 12.8. The van der Waals surface area contributed by atoms with Crippen molar-refractivity contribution < 1.29 is 9.53 Å². The molecular weight excluding hydrogens is 336 g/mol. The van der Waals surface area contributed by atoms with E-state index in [0.29, 0.717) is 31.1 Å². The van der Waals surface area contributed by atoms with Gasteiger partial charge in [-0.2, -0.15) is 0 Å². The Morgan fingerprint density at radius 2 is 1.63 bits per heavy atom. The van der Waals surface area contributed by atoms with Crippen LogP contribution in [0.4, 0.5) is 0 Å². The summed E-state index contributed by atoms with van der Waals surface area (Å²) in [6.45, 7) is 3.04. The molecule has 4 nitrogen and oxygen atoms in total. The second kappa shape index (κ2) is 8.24. The topological polar surface area (TPSA) is 55.6 Å². The lowest BCUT2D eigenvalue weighted by Crippen LogP contribution is -2.30. The second-order valence-corrected chi connectivity index (χ2v) is 7.86. The van der Waals surface area contributed by atoms with Gasteiger partial charge in [0.05, 0.1) is 12.7 Å². The number of fused-ring (bicyclic) bond motifs is 1. The molecule has 1 heterocycles. The number of rotatable bonds is 6. The minimum atomic E-state index is 0.158. The van der Waals surface area contributed by atoms with Gasteiger partial charge in [-0.1, -0.05) is 42.5 Å². The molecule has 2 aromatic carbocycles. The lowest BCUT2D eigenvalue weighted by molar-refractivity contribution is 0.0367. The Morgan fingerprint density at radius 3 is 2.26 bits per heavy atom. The van der Waals surface area contributed by atoms with Crippen LogP contribution in [0.15, 0.2) is 54.6 Å². The van der Waals surface area contributed by atoms with Crippen LogP contribution in [0.3, 0.4) is 0 Å². The van der Waals surface area contributed by atoms with Gasteiger partial charge >= 0.3 is 0 Å². The summed E-state index contributed by atoms with van der Waals surface area (Å²) in [4.78, 5) is 14.8. The van der Waals surface area contributed by atoms with Gasteiger partial charge in [0.2, 0.25) is 0 Å². The summed E-state index contributed by atoms with van der Waals surface area (Å²) in [5, 5.41) is 0. The van der Waals surface area contributed by atoms with Gasteiger partial charge in [-0.3, -0.25) is 4.79 Å². The van der Waals surface area contributed by atoms with Crippen molar-refractivity contribution in [3.8, 4) is 0 Å². The number of ether oxygens (including phenoxy) is 1. The van der Waals surface area contributed by atoms with Gasteiger partial charge in [0.15, 0.2) is 0 Å². The summed E-state index contributed by atoms with van der Waals surface area (Å²) in [5.41, 5.74) is 8.79.